The van der Waals surface area contributed by atoms with Crippen LogP contribution in [0.5, 0.6) is 0 Å². The van der Waals surface area contributed by atoms with E-state index >= 15 is 0 Å². The van der Waals surface area contributed by atoms with E-state index in [0.29, 0.717) is 17.1 Å². The van der Waals surface area contributed by atoms with E-state index in [4.69, 9.17) is 22.7 Å². The molecule has 0 amide bonds. The molecule has 0 bridgehead atoms. The van der Waals surface area contributed by atoms with Gasteiger partial charge in [0.05, 0.1) is 18.3 Å². The lowest BCUT2D eigenvalue weighted by molar-refractivity contribution is 0.712. The van der Waals surface area contributed by atoms with Gasteiger partial charge in [0.25, 0.3) is 0 Å². The Hall–Kier alpha value is -2.33. The summed E-state index contributed by atoms with van der Waals surface area (Å²) < 4.78 is 1.91. The van der Waals surface area contributed by atoms with Crippen LogP contribution in [0.4, 0.5) is 0 Å². The van der Waals surface area contributed by atoms with Crippen molar-refractivity contribution >= 4 is 28.3 Å². The van der Waals surface area contributed by atoms with Gasteiger partial charge in [-0.15, -0.1) is 0 Å². The minimum Gasteiger partial charge on any atom is -0.384 e. The Morgan fingerprint density at radius 1 is 1.25 bits per heavy atom. The molecule has 3 aromatic rings. The van der Waals surface area contributed by atoms with Gasteiger partial charge in [0, 0.05) is 16.0 Å². The van der Waals surface area contributed by atoms with Crippen LogP contribution in [-0.4, -0.2) is 15.6 Å². The van der Waals surface area contributed by atoms with Crippen molar-refractivity contribution in [2.24, 2.45) is 5.73 Å². The number of amidine groups is 1. The van der Waals surface area contributed by atoms with Crippen LogP contribution in [0.1, 0.15) is 11.1 Å². The van der Waals surface area contributed by atoms with Gasteiger partial charge in [0.1, 0.15) is 5.84 Å². The van der Waals surface area contributed by atoms with Gasteiger partial charge in [-0.3, -0.25) is 10.1 Å². The molecule has 0 aliphatic rings. The molecule has 0 atom stereocenters. The Balaban J connectivity index is 1.97. The van der Waals surface area contributed by atoms with E-state index in [0.717, 1.165) is 16.5 Å². The topological polar surface area (TPSA) is 67.7 Å². The summed E-state index contributed by atoms with van der Waals surface area (Å²) in [4.78, 5) is 0. The number of rotatable bonds is 3. The molecule has 0 fully saturated rings. The maximum Gasteiger partial charge on any atom is 0.122 e. The van der Waals surface area contributed by atoms with Crippen molar-refractivity contribution in [3.63, 3.8) is 0 Å². The zero-order chi connectivity index (χ0) is 14.1. The van der Waals surface area contributed by atoms with Gasteiger partial charge in [-0.05, 0) is 17.7 Å². The van der Waals surface area contributed by atoms with Crippen LogP contribution < -0.4 is 5.73 Å². The highest BCUT2D eigenvalue weighted by atomic mass is 35.5. The monoisotopic (exact) mass is 284 g/mol. The Morgan fingerprint density at radius 2 is 2.05 bits per heavy atom. The van der Waals surface area contributed by atoms with Crippen LogP contribution >= 0.6 is 11.6 Å². The summed E-state index contributed by atoms with van der Waals surface area (Å²) in [5, 5.41) is 13.5. The van der Waals surface area contributed by atoms with Crippen LogP contribution in [0, 0.1) is 5.41 Å². The van der Waals surface area contributed by atoms with Crippen molar-refractivity contribution < 1.29 is 0 Å². The number of hydrogen-bond donors (Lipinski definition) is 2. The number of fused-ring (bicyclic) bond motifs is 1. The third kappa shape index (κ3) is 2.26. The second kappa shape index (κ2) is 4.98. The van der Waals surface area contributed by atoms with Crippen molar-refractivity contribution in [2.45, 2.75) is 6.54 Å². The molecule has 5 heteroatoms. The highest BCUT2D eigenvalue weighted by Gasteiger charge is 2.07. The second-order valence-corrected chi connectivity index (χ2v) is 4.99. The van der Waals surface area contributed by atoms with Crippen LogP contribution in [0.15, 0.2) is 48.7 Å². The molecule has 0 saturated heterocycles. The van der Waals surface area contributed by atoms with Gasteiger partial charge in [-0.2, -0.15) is 5.10 Å². The predicted molar refractivity (Wildman–Crippen MR) is 81.3 cm³/mol. The van der Waals surface area contributed by atoms with E-state index < -0.39 is 0 Å². The van der Waals surface area contributed by atoms with Gasteiger partial charge in [0.15, 0.2) is 0 Å². The third-order valence-corrected chi connectivity index (χ3v) is 3.59. The van der Waals surface area contributed by atoms with Gasteiger partial charge in [0.2, 0.25) is 0 Å². The number of para-hydroxylation sites is 1. The van der Waals surface area contributed by atoms with Gasteiger partial charge in [-0.25, -0.2) is 0 Å². The van der Waals surface area contributed by atoms with Crippen molar-refractivity contribution in [1.82, 2.24) is 9.78 Å². The highest BCUT2D eigenvalue weighted by molar-refractivity contribution is 6.31. The zero-order valence-corrected chi connectivity index (χ0v) is 11.4. The second-order valence-electron chi connectivity index (χ2n) is 4.58. The zero-order valence-electron chi connectivity index (χ0n) is 10.7. The number of benzene rings is 2. The molecular weight excluding hydrogens is 272 g/mol. The molecule has 100 valence electrons. The molecule has 1 heterocycles. The summed E-state index contributed by atoms with van der Waals surface area (Å²) in [6.45, 7) is 0.588. The first kappa shape index (κ1) is 12.7. The summed E-state index contributed by atoms with van der Waals surface area (Å²) in [6, 6.07) is 13.4. The molecule has 0 aliphatic carbocycles. The Morgan fingerprint density at radius 3 is 2.80 bits per heavy atom. The Bertz CT molecular complexity index is 791. The number of nitrogens with one attached hydrogen (secondary N) is 1. The minimum atomic E-state index is 0.0167. The number of nitrogens with zero attached hydrogens (tertiary/aromatic N) is 2. The predicted octanol–water partition coefficient (Wildman–Crippen LogP) is 3.02. The SMILES string of the molecule is N=C(N)c1ccc(Cn2ncc3ccccc32)c(Cl)c1. The molecular formula is C15H13ClN4. The molecule has 20 heavy (non-hydrogen) atoms. The summed E-state index contributed by atoms with van der Waals surface area (Å²) in [5.41, 5.74) is 8.10. The van der Waals surface area contributed by atoms with E-state index in [1.807, 2.05) is 41.2 Å². The maximum atomic E-state index is 7.41. The van der Waals surface area contributed by atoms with Crippen molar-refractivity contribution in [3.8, 4) is 0 Å². The number of aromatic nitrogens is 2. The minimum absolute atomic E-state index is 0.0167. The Kier molecular flexibility index (Phi) is 3.16. The van der Waals surface area contributed by atoms with E-state index in [1.165, 1.54) is 0 Å². The first-order valence-corrected chi connectivity index (χ1v) is 6.56. The summed E-state index contributed by atoms with van der Waals surface area (Å²) in [5.74, 6) is 0.0167. The van der Waals surface area contributed by atoms with Crippen molar-refractivity contribution in [3.05, 3.63) is 64.8 Å². The number of halogens is 1. The first-order valence-electron chi connectivity index (χ1n) is 6.18. The van der Waals surface area contributed by atoms with Crippen LogP contribution in [0.25, 0.3) is 10.9 Å². The van der Waals surface area contributed by atoms with Gasteiger partial charge < -0.3 is 5.73 Å². The molecule has 3 rings (SSSR count). The molecule has 3 N–H and O–H groups in total. The fourth-order valence-corrected chi connectivity index (χ4v) is 2.40. The van der Waals surface area contributed by atoms with E-state index in [2.05, 4.69) is 5.10 Å². The van der Waals surface area contributed by atoms with Crippen LogP contribution in [0.2, 0.25) is 5.02 Å². The molecule has 4 nitrogen and oxygen atoms in total. The van der Waals surface area contributed by atoms with Crippen LogP contribution in [0.3, 0.4) is 0 Å². The highest BCUT2D eigenvalue weighted by Crippen LogP contribution is 2.21. The lowest BCUT2D eigenvalue weighted by Crippen LogP contribution is -2.11. The number of nitrogen functional groups attached to an aromatic ring is 1. The third-order valence-electron chi connectivity index (χ3n) is 3.24. The molecule has 2 aromatic carbocycles. The summed E-state index contributed by atoms with van der Waals surface area (Å²) in [7, 11) is 0. The van der Waals surface area contributed by atoms with Gasteiger partial charge >= 0.3 is 0 Å². The average Bonchev–Trinajstić information content (AvgIpc) is 2.84. The summed E-state index contributed by atoms with van der Waals surface area (Å²) >= 11 is 6.25. The quantitative estimate of drug-likeness (QED) is 0.573. The lowest BCUT2D eigenvalue weighted by atomic mass is 10.1. The molecule has 0 aliphatic heterocycles. The first-order chi connectivity index (χ1) is 9.65. The molecule has 0 spiro atoms. The lowest BCUT2D eigenvalue weighted by Gasteiger charge is -2.08. The number of hydrogen-bond acceptors (Lipinski definition) is 2. The summed E-state index contributed by atoms with van der Waals surface area (Å²) in [6.07, 6.45) is 1.84. The van der Waals surface area contributed by atoms with E-state index in [9.17, 15) is 0 Å². The molecule has 0 radical (unpaired) electrons. The standard InChI is InChI=1S/C15H13ClN4/c16-13-7-10(15(17)18)5-6-12(13)9-20-14-4-2-1-3-11(14)8-19-20/h1-8H,9H2,(H3,17,18). The Labute approximate surface area is 121 Å². The smallest absolute Gasteiger partial charge is 0.122 e. The molecule has 1 aromatic heterocycles. The normalized spacial score (nSPS) is 10.8. The largest absolute Gasteiger partial charge is 0.384 e. The fraction of sp³-hybridized carbons (Fsp3) is 0.0667. The van der Waals surface area contributed by atoms with Gasteiger partial charge in [-0.1, -0.05) is 41.9 Å². The van der Waals surface area contributed by atoms with E-state index in [-0.39, 0.29) is 5.84 Å². The van der Waals surface area contributed by atoms with Crippen molar-refractivity contribution in [1.29, 1.82) is 5.41 Å². The molecule has 0 saturated carbocycles. The fourth-order valence-electron chi connectivity index (χ4n) is 2.16. The average molecular weight is 285 g/mol. The number of nitrogens with two attached hydrogens (primary N) is 1. The van der Waals surface area contributed by atoms with E-state index in [1.54, 1.807) is 12.1 Å². The maximum absolute atomic E-state index is 7.41. The molecule has 0 unspecified atom stereocenters. The van der Waals surface area contributed by atoms with Crippen LogP contribution in [-0.2, 0) is 6.54 Å². The van der Waals surface area contributed by atoms with Crippen molar-refractivity contribution in [2.75, 3.05) is 0 Å².